The van der Waals surface area contributed by atoms with E-state index in [0.29, 0.717) is 19.3 Å². The van der Waals surface area contributed by atoms with Crippen LogP contribution in [0.5, 0.6) is 0 Å². The Bertz CT molecular complexity index is 1180. The summed E-state index contributed by atoms with van der Waals surface area (Å²) in [4.78, 5) is 40.3. The summed E-state index contributed by atoms with van der Waals surface area (Å²) in [7, 11) is 0. The molecule has 236 valence electrons. The van der Waals surface area contributed by atoms with Crippen LogP contribution in [0.2, 0.25) is 0 Å². The van der Waals surface area contributed by atoms with Crippen molar-refractivity contribution in [1.82, 2.24) is 0 Å². The highest BCUT2D eigenvalue weighted by molar-refractivity contribution is 5.94. The van der Waals surface area contributed by atoms with Crippen LogP contribution in [0.15, 0.2) is 0 Å². The van der Waals surface area contributed by atoms with Crippen LogP contribution in [0.25, 0.3) is 0 Å². The SMILES string of the molecule is CC(C)C(C)C(O)C(=O)[C@@H](C)[C@H]1CCC2C3C(=O)[C@@H]4O[C@@]45CC(OC(=O)C(O)C(C)(C)O)CC[C@]5(C)[C@]34O[C@@H]4CC21C. The molecule has 2 aliphatic heterocycles. The zero-order valence-corrected chi connectivity index (χ0v) is 26.4. The number of aliphatic hydroxyl groups excluding tert-OH is 2. The van der Waals surface area contributed by atoms with Crippen LogP contribution >= 0.6 is 0 Å². The molecule has 2 saturated heterocycles. The molecule has 0 aromatic heterocycles. The molecule has 0 bridgehead atoms. The van der Waals surface area contributed by atoms with Crippen LogP contribution in [0.3, 0.4) is 0 Å². The van der Waals surface area contributed by atoms with E-state index in [1.54, 1.807) is 0 Å². The van der Waals surface area contributed by atoms with E-state index in [1.165, 1.54) is 13.8 Å². The van der Waals surface area contributed by atoms with Crippen LogP contribution in [0.1, 0.15) is 93.9 Å². The molecule has 9 nitrogen and oxygen atoms in total. The Hall–Kier alpha value is -1.39. The van der Waals surface area contributed by atoms with E-state index >= 15 is 0 Å². The summed E-state index contributed by atoms with van der Waals surface area (Å²) in [6.07, 6.45) is 0.141. The number of ether oxygens (including phenoxy) is 3. The predicted molar refractivity (Wildman–Crippen MR) is 151 cm³/mol. The van der Waals surface area contributed by atoms with Crippen molar-refractivity contribution in [3.63, 3.8) is 0 Å². The molecule has 6 aliphatic rings. The maximum Gasteiger partial charge on any atom is 0.338 e. The lowest BCUT2D eigenvalue weighted by molar-refractivity contribution is -0.179. The minimum absolute atomic E-state index is 0.0657. The second kappa shape index (κ2) is 9.32. The van der Waals surface area contributed by atoms with Gasteiger partial charge >= 0.3 is 5.97 Å². The zero-order chi connectivity index (χ0) is 30.9. The second-order valence-electron chi connectivity index (χ2n) is 16.1. The lowest BCUT2D eigenvalue weighted by atomic mass is 9.43. The van der Waals surface area contributed by atoms with Gasteiger partial charge in [0.2, 0.25) is 0 Å². The second-order valence-corrected chi connectivity index (χ2v) is 16.1. The van der Waals surface area contributed by atoms with Gasteiger partial charge in [-0.05, 0) is 75.0 Å². The molecule has 0 amide bonds. The maximum atomic E-state index is 14.3. The number of Topliss-reactive ketones (excluding diaryl/α,β-unsaturated/α-hetero) is 2. The summed E-state index contributed by atoms with van der Waals surface area (Å²) in [5, 5.41) is 31.2. The minimum atomic E-state index is -1.67. The number of epoxide rings is 2. The summed E-state index contributed by atoms with van der Waals surface area (Å²) in [6.45, 7) is 15.1. The van der Waals surface area contributed by atoms with Gasteiger partial charge < -0.3 is 29.5 Å². The van der Waals surface area contributed by atoms with Gasteiger partial charge in [-0.25, -0.2) is 4.79 Å². The fraction of sp³-hybridized carbons (Fsp3) is 0.909. The van der Waals surface area contributed by atoms with E-state index in [-0.39, 0.29) is 58.6 Å². The molecule has 0 aromatic carbocycles. The van der Waals surface area contributed by atoms with Gasteiger partial charge in [0.15, 0.2) is 17.7 Å². The van der Waals surface area contributed by atoms with Crippen LogP contribution < -0.4 is 0 Å². The molecule has 4 aliphatic carbocycles. The van der Waals surface area contributed by atoms with Gasteiger partial charge in [0.05, 0.1) is 17.6 Å². The third kappa shape index (κ3) is 3.82. The first-order valence-electron chi connectivity index (χ1n) is 16.1. The van der Waals surface area contributed by atoms with E-state index in [9.17, 15) is 29.7 Å². The molecule has 3 N–H and O–H groups in total. The number of fused-ring (bicyclic) bond motifs is 2. The maximum absolute atomic E-state index is 14.3. The Balaban J connectivity index is 1.23. The quantitative estimate of drug-likeness (QED) is 0.287. The van der Waals surface area contributed by atoms with E-state index < -0.39 is 52.6 Å². The van der Waals surface area contributed by atoms with Crippen molar-refractivity contribution in [3.05, 3.63) is 0 Å². The summed E-state index contributed by atoms with van der Waals surface area (Å²) >= 11 is 0. The molecule has 9 heteroatoms. The third-order valence-electron chi connectivity index (χ3n) is 13.4. The number of carbonyl (C=O) groups is 3. The standard InChI is InChI=1S/C33H50O9/c1-15(2)16(3)23(34)24(35)17(4)19-9-10-20-22-25(36)27-32(42-27)13-18(40-28(38)26(37)29(5,6)39)11-12-31(32,8)33(22)21(41-33)14-30(19,20)7/h15-23,26-27,34,37,39H,9-14H2,1-8H3/t16?,17-,18?,19+,20?,21+,22?,23?,26?,27-,30?,31-,32-,33+/m0/s1. The van der Waals surface area contributed by atoms with Crippen molar-refractivity contribution in [2.45, 2.75) is 141 Å². The average molecular weight is 591 g/mol. The summed E-state index contributed by atoms with van der Waals surface area (Å²) in [5.41, 5.74) is -3.72. The molecule has 4 saturated carbocycles. The van der Waals surface area contributed by atoms with Crippen molar-refractivity contribution >= 4 is 17.5 Å². The van der Waals surface area contributed by atoms with Gasteiger partial charge in [0.1, 0.15) is 29.5 Å². The number of esters is 1. The molecule has 2 spiro atoms. The zero-order valence-electron chi connectivity index (χ0n) is 26.4. The van der Waals surface area contributed by atoms with Crippen molar-refractivity contribution in [2.75, 3.05) is 0 Å². The van der Waals surface area contributed by atoms with Crippen molar-refractivity contribution in [3.8, 4) is 0 Å². The largest absolute Gasteiger partial charge is 0.460 e. The number of carbonyl (C=O) groups excluding carboxylic acids is 3. The molecule has 0 aromatic rings. The minimum Gasteiger partial charge on any atom is -0.460 e. The van der Waals surface area contributed by atoms with Crippen molar-refractivity contribution < 1.29 is 43.9 Å². The Morgan fingerprint density at radius 2 is 1.69 bits per heavy atom. The first kappa shape index (κ1) is 30.6. The highest BCUT2D eigenvalue weighted by Crippen LogP contribution is 2.80. The number of aliphatic hydroxyl groups is 3. The molecule has 6 rings (SSSR count). The van der Waals surface area contributed by atoms with Gasteiger partial charge in [-0.3, -0.25) is 9.59 Å². The lowest BCUT2D eigenvalue weighted by Crippen LogP contribution is -2.67. The fourth-order valence-electron chi connectivity index (χ4n) is 10.3. The van der Waals surface area contributed by atoms with E-state index in [1.807, 2.05) is 27.7 Å². The fourth-order valence-corrected chi connectivity index (χ4v) is 10.3. The molecule has 6 fully saturated rings. The molecule has 7 unspecified atom stereocenters. The van der Waals surface area contributed by atoms with E-state index in [0.717, 1.165) is 19.3 Å². The highest BCUT2D eigenvalue weighted by Gasteiger charge is 2.91. The summed E-state index contributed by atoms with van der Waals surface area (Å²) in [6, 6.07) is 0. The van der Waals surface area contributed by atoms with Crippen LogP contribution in [-0.2, 0) is 28.6 Å². The molecule has 14 atom stereocenters. The summed E-state index contributed by atoms with van der Waals surface area (Å²) in [5.74, 6) is -1.30. The number of rotatable bonds is 8. The number of hydrogen-bond donors (Lipinski definition) is 3. The Labute approximate surface area is 249 Å². The topological polar surface area (TPSA) is 146 Å². The van der Waals surface area contributed by atoms with Crippen molar-refractivity contribution in [2.24, 2.45) is 46.3 Å². The Morgan fingerprint density at radius 1 is 1.02 bits per heavy atom. The van der Waals surface area contributed by atoms with Crippen molar-refractivity contribution in [1.29, 1.82) is 0 Å². The monoisotopic (exact) mass is 590 g/mol. The molecule has 0 radical (unpaired) electrons. The van der Waals surface area contributed by atoms with Crippen LogP contribution in [0, 0.1) is 46.3 Å². The van der Waals surface area contributed by atoms with Gasteiger partial charge in [-0.1, -0.05) is 41.5 Å². The van der Waals surface area contributed by atoms with Gasteiger partial charge in [0.25, 0.3) is 0 Å². The Kier molecular flexibility index (Phi) is 6.79. The molecular weight excluding hydrogens is 540 g/mol. The molecule has 42 heavy (non-hydrogen) atoms. The van der Waals surface area contributed by atoms with Gasteiger partial charge in [-0.2, -0.15) is 0 Å². The first-order valence-corrected chi connectivity index (χ1v) is 16.1. The van der Waals surface area contributed by atoms with Crippen LogP contribution in [-0.4, -0.2) is 80.2 Å². The van der Waals surface area contributed by atoms with E-state index in [2.05, 4.69) is 13.8 Å². The van der Waals surface area contributed by atoms with E-state index in [4.69, 9.17) is 14.2 Å². The Morgan fingerprint density at radius 3 is 2.31 bits per heavy atom. The smallest absolute Gasteiger partial charge is 0.338 e. The normalized spacial score (nSPS) is 48.0. The average Bonchev–Trinajstić information content (AvgIpc) is 3.79. The number of hydrogen-bond acceptors (Lipinski definition) is 9. The summed E-state index contributed by atoms with van der Waals surface area (Å²) < 4.78 is 18.7. The molecule has 2 heterocycles. The van der Waals surface area contributed by atoms with Gasteiger partial charge in [-0.15, -0.1) is 0 Å². The predicted octanol–water partition coefficient (Wildman–Crippen LogP) is 2.99. The van der Waals surface area contributed by atoms with Crippen LogP contribution in [0.4, 0.5) is 0 Å². The third-order valence-corrected chi connectivity index (χ3v) is 13.4. The lowest BCUT2D eigenvalue weighted by Gasteiger charge is -2.56. The van der Waals surface area contributed by atoms with Gasteiger partial charge in [0, 0.05) is 17.8 Å². The number of ketones is 2. The highest BCUT2D eigenvalue weighted by atomic mass is 16.7. The first-order chi connectivity index (χ1) is 19.4. The molecular formula is C33H50O9.